The van der Waals surface area contributed by atoms with Crippen LogP contribution in [0.2, 0.25) is 0 Å². The summed E-state index contributed by atoms with van der Waals surface area (Å²) in [4.78, 5) is 17.4. The third-order valence-electron chi connectivity index (χ3n) is 4.50. The highest BCUT2D eigenvalue weighted by molar-refractivity contribution is 7.80. The number of thiocarbonyl (C=S) groups is 1. The highest BCUT2D eigenvalue weighted by Crippen LogP contribution is 2.20. The van der Waals surface area contributed by atoms with E-state index < -0.39 is 0 Å². The van der Waals surface area contributed by atoms with Crippen molar-refractivity contribution in [2.24, 2.45) is 11.7 Å². The largest absolute Gasteiger partial charge is 0.393 e. The Morgan fingerprint density at radius 2 is 1.74 bits per heavy atom. The van der Waals surface area contributed by atoms with Gasteiger partial charge in [-0.05, 0) is 52.1 Å². The molecule has 0 aromatic heterocycles. The van der Waals surface area contributed by atoms with Crippen molar-refractivity contribution >= 4 is 23.1 Å². The first kappa shape index (κ1) is 14.7. The van der Waals surface area contributed by atoms with Gasteiger partial charge in [0.25, 0.3) is 0 Å². The van der Waals surface area contributed by atoms with Crippen LogP contribution in [-0.2, 0) is 4.79 Å². The number of nitrogens with zero attached hydrogens (tertiary/aromatic N) is 2. The Hall–Kier alpha value is -0.680. The quantitative estimate of drug-likeness (QED) is 0.795. The van der Waals surface area contributed by atoms with Crippen LogP contribution in [0.3, 0.4) is 0 Å². The van der Waals surface area contributed by atoms with Crippen molar-refractivity contribution in [3.8, 4) is 0 Å². The van der Waals surface area contributed by atoms with E-state index in [1.807, 2.05) is 11.8 Å². The zero-order chi connectivity index (χ0) is 13.8. The van der Waals surface area contributed by atoms with E-state index in [2.05, 4.69) is 4.90 Å². The standard InChI is InChI=1S/C14H25N3OS/c1-11(14(18)17-7-3-2-4-8-17)16-9-5-12(6-10-16)13(15)19/h11-12H,2-10H2,1H3,(H2,15,19). The fourth-order valence-electron chi connectivity index (χ4n) is 3.11. The van der Waals surface area contributed by atoms with Crippen molar-refractivity contribution in [2.45, 2.75) is 45.1 Å². The summed E-state index contributed by atoms with van der Waals surface area (Å²) in [6.45, 7) is 5.78. The maximum atomic E-state index is 12.4. The minimum Gasteiger partial charge on any atom is -0.393 e. The van der Waals surface area contributed by atoms with Crippen LogP contribution in [0, 0.1) is 5.92 Å². The number of nitrogens with two attached hydrogens (primary N) is 1. The van der Waals surface area contributed by atoms with Crippen LogP contribution in [0.15, 0.2) is 0 Å². The van der Waals surface area contributed by atoms with E-state index >= 15 is 0 Å². The highest BCUT2D eigenvalue weighted by Gasteiger charge is 2.30. The lowest BCUT2D eigenvalue weighted by Crippen LogP contribution is -2.51. The molecule has 0 radical (unpaired) electrons. The van der Waals surface area contributed by atoms with Gasteiger partial charge >= 0.3 is 0 Å². The molecule has 2 fully saturated rings. The summed E-state index contributed by atoms with van der Waals surface area (Å²) in [6.07, 6.45) is 5.56. The van der Waals surface area contributed by atoms with Crippen molar-refractivity contribution in [1.82, 2.24) is 9.80 Å². The Bertz CT molecular complexity index is 334. The van der Waals surface area contributed by atoms with Gasteiger partial charge in [0.1, 0.15) is 0 Å². The van der Waals surface area contributed by atoms with E-state index in [4.69, 9.17) is 18.0 Å². The summed E-state index contributed by atoms with van der Waals surface area (Å²) in [5, 5.41) is 0. The first-order valence-electron chi connectivity index (χ1n) is 7.41. The Balaban J connectivity index is 1.84. The second-order valence-electron chi connectivity index (χ2n) is 5.77. The van der Waals surface area contributed by atoms with Gasteiger partial charge in [0.2, 0.25) is 5.91 Å². The van der Waals surface area contributed by atoms with E-state index in [1.54, 1.807) is 0 Å². The minimum atomic E-state index is 0.00500. The van der Waals surface area contributed by atoms with Crippen molar-refractivity contribution < 1.29 is 4.79 Å². The van der Waals surface area contributed by atoms with E-state index in [0.29, 0.717) is 16.8 Å². The fraction of sp³-hybridized carbons (Fsp3) is 0.857. The van der Waals surface area contributed by atoms with Gasteiger partial charge in [-0.2, -0.15) is 0 Å². The average Bonchev–Trinajstić information content (AvgIpc) is 2.46. The predicted molar refractivity (Wildman–Crippen MR) is 81.0 cm³/mol. The Morgan fingerprint density at radius 3 is 2.26 bits per heavy atom. The van der Waals surface area contributed by atoms with Crippen molar-refractivity contribution in [3.05, 3.63) is 0 Å². The van der Waals surface area contributed by atoms with Crippen LogP contribution in [0.4, 0.5) is 0 Å². The van der Waals surface area contributed by atoms with Crippen LogP contribution in [0.25, 0.3) is 0 Å². The molecule has 0 saturated carbocycles. The molecule has 0 aromatic carbocycles. The zero-order valence-corrected chi connectivity index (χ0v) is 12.6. The first-order chi connectivity index (χ1) is 9.09. The van der Waals surface area contributed by atoms with Crippen LogP contribution in [-0.4, -0.2) is 52.9 Å². The number of amides is 1. The summed E-state index contributed by atoms with van der Waals surface area (Å²) in [7, 11) is 0. The van der Waals surface area contributed by atoms with Gasteiger partial charge in [-0.15, -0.1) is 0 Å². The van der Waals surface area contributed by atoms with E-state index in [1.165, 1.54) is 6.42 Å². The number of hydrogen-bond donors (Lipinski definition) is 1. The molecule has 2 aliphatic rings. The molecule has 4 nitrogen and oxygen atoms in total. The first-order valence-corrected chi connectivity index (χ1v) is 7.82. The van der Waals surface area contributed by atoms with Crippen LogP contribution >= 0.6 is 12.2 Å². The minimum absolute atomic E-state index is 0.00500. The van der Waals surface area contributed by atoms with Gasteiger partial charge in [0.05, 0.1) is 11.0 Å². The fourth-order valence-corrected chi connectivity index (χ4v) is 3.34. The number of hydrogen-bond acceptors (Lipinski definition) is 3. The molecule has 2 heterocycles. The summed E-state index contributed by atoms with van der Waals surface area (Å²) >= 11 is 5.06. The molecule has 0 spiro atoms. The lowest BCUT2D eigenvalue weighted by molar-refractivity contribution is -0.137. The zero-order valence-electron chi connectivity index (χ0n) is 11.8. The highest BCUT2D eigenvalue weighted by atomic mass is 32.1. The maximum absolute atomic E-state index is 12.4. The van der Waals surface area contributed by atoms with E-state index in [9.17, 15) is 4.79 Å². The van der Waals surface area contributed by atoms with E-state index in [-0.39, 0.29) is 6.04 Å². The van der Waals surface area contributed by atoms with Gasteiger partial charge < -0.3 is 10.6 Å². The molecule has 2 saturated heterocycles. The van der Waals surface area contributed by atoms with Gasteiger partial charge in [0, 0.05) is 19.0 Å². The number of rotatable bonds is 3. The molecule has 108 valence electrons. The monoisotopic (exact) mass is 283 g/mol. The van der Waals surface area contributed by atoms with Gasteiger partial charge in [-0.3, -0.25) is 9.69 Å². The van der Waals surface area contributed by atoms with Crippen molar-refractivity contribution in [1.29, 1.82) is 0 Å². The third-order valence-corrected chi connectivity index (χ3v) is 4.84. The molecular formula is C14H25N3OS. The van der Waals surface area contributed by atoms with Crippen LogP contribution < -0.4 is 5.73 Å². The molecule has 2 aliphatic heterocycles. The second kappa shape index (κ2) is 6.66. The maximum Gasteiger partial charge on any atom is 0.239 e. The Kier molecular flexibility index (Phi) is 5.16. The van der Waals surface area contributed by atoms with Gasteiger partial charge in [0.15, 0.2) is 0 Å². The number of carbonyl (C=O) groups is 1. The van der Waals surface area contributed by atoms with Crippen LogP contribution in [0.1, 0.15) is 39.0 Å². The molecule has 0 aromatic rings. The summed E-state index contributed by atoms with van der Waals surface area (Å²) in [6, 6.07) is 0.00500. The number of carbonyl (C=O) groups excluding carboxylic acids is 1. The number of likely N-dealkylation sites (tertiary alicyclic amines) is 2. The van der Waals surface area contributed by atoms with Crippen LogP contribution in [0.5, 0.6) is 0 Å². The lowest BCUT2D eigenvalue weighted by atomic mass is 9.95. The molecule has 19 heavy (non-hydrogen) atoms. The normalized spacial score (nSPS) is 24.2. The van der Waals surface area contributed by atoms with E-state index in [0.717, 1.165) is 51.9 Å². The molecular weight excluding hydrogens is 258 g/mol. The summed E-state index contributed by atoms with van der Waals surface area (Å²) in [5.74, 6) is 0.664. The summed E-state index contributed by atoms with van der Waals surface area (Å²) < 4.78 is 0. The molecule has 2 rings (SSSR count). The smallest absolute Gasteiger partial charge is 0.239 e. The van der Waals surface area contributed by atoms with Crippen molar-refractivity contribution in [3.63, 3.8) is 0 Å². The molecule has 1 unspecified atom stereocenters. The number of piperidine rings is 2. The Morgan fingerprint density at radius 1 is 1.16 bits per heavy atom. The molecule has 2 N–H and O–H groups in total. The SMILES string of the molecule is CC(C(=O)N1CCCCC1)N1CCC(C(N)=S)CC1. The third kappa shape index (κ3) is 3.66. The van der Waals surface area contributed by atoms with Crippen molar-refractivity contribution in [2.75, 3.05) is 26.2 Å². The molecule has 1 atom stereocenters. The molecule has 5 heteroatoms. The lowest BCUT2D eigenvalue weighted by Gasteiger charge is -2.38. The van der Waals surface area contributed by atoms with Gasteiger partial charge in [-0.1, -0.05) is 12.2 Å². The topological polar surface area (TPSA) is 49.6 Å². The second-order valence-corrected chi connectivity index (χ2v) is 6.25. The molecule has 0 bridgehead atoms. The predicted octanol–water partition coefficient (Wildman–Crippen LogP) is 1.39. The Labute approximate surface area is 121 Å². The summed E-state index contributed by atoms with van der Waals surface area (Å²) in [5.41, 5.74) is 5.70. The molecule has 0 aliphatic carbocycles. The average molecular weight is 283 g/mol. The molecule has 1 amide bonds. The van der Waals surface area contributed by atoms with Gasteiger partial charge in [-0.25, -0.2) is 0 Å².